The van der Waals surface area contributed by atoms with Gasteiger partial charge in [0.05, 0.1) is 11.4 Å². The summed E-state index contributed by atoms with van der Waals surface area (Å²) < 4.78 is 30.1. The first-order chi connectivity index (χ1) is 11.5. The summed E-state index contributed by atoms with van der Waals surface area (Å²) in [7, 11) is -3.88. The van der Waals surface area contributed by atoms with E-state index in [2.05, 4.69) is 11.1 Å². The molecule has 24 heavy (non-hydrogen) atoms. The maximum atomic E-state index is 10.7. The zero-order valence-corrected chi connectivity index (χ0v) is 13.9. The van der Waals surface area contributed by atoms with Gasteiger partial charge < -0.3 is 4.90 Å². The molecule has 124 valence electrons. The molecule has 0 amide bonds. The summed E-state index contributed by atoms with van der Waals surface area (Å²) in [6, 6.07) is 8.01. The van der Waals surface area contributed by atoms with E-state index in [1.54, 1.807) is 0 Å². The van der Waals surface area contributed by atoms with Gasteiger partial charge in [0, 0.05) is 36.3 Å². The van der Waals surface area contributed by atoms with Crippen LogP contribution in [-0.4, -0.2) is 36.4 Å². The molecule has 0 unspecified atom stereocenters. The topological polar surface area (TPSA) is 70.0 Å². The van der Waals surface area contributed by atoms with Crippen molar-refractivity contribution < 1.29 is 13.0 Å². The molecule has 1 aromatic carbocycles. The molecule has 0 radical (unpaired) electrons. The number of hydrogen-bond acceptors (Lipinski definition) is 4. The first-order valence-electron chi connectivity index (χ1n) is 7.64. The van der Waals surface area contributed by atoms with Crippen LogP contribution in [0.2, 0.25) is 0 Å². The molecular weight excluding hydrogens is 324 g/mol. The van der Waals surface area contributed by atoms with Crippen molar-refractivity contribution in [3.8, 4) is 0 Å². The van der Waals surface area contributed by atoms with E-state index in [0.717, 1.165) is 22.4 Å². The smallest absolute Gasteiger partial charge is 0.264 e. The van der Waals surface area contributed by atoms with Gasteiger partial charge in [-0.1, -0.05) is 30.4 Å². The van der Waals surface area contributed by atoms with Crippen LogP contribution in [0.25, 0.3) is 5.57 Å². The lowest BCUT2D eigenvalue weighted by molar-refractivity contribution is 0.464. The highest BCUT2D eigenvalue weighted by molar-refractivity contribution is 7.85. The van der Waals surface area contributed by atoms with Gasteiger partial charge in [0.15, 0.2) is 0 Å². The molecule has 2 aliphatic rings. The molecule has 2 aliphatic heterocycles. The largest absolute Gasteiger partial charge is 0.354 e. The van der Waals surface area contributed by atoms with Crippen LogP contribution in [0.5, 0.6) is 0 Å². The van der Waals surface area contributed by atoms with Gasteiger partial charge in [0.25, 0.3) is 10.1 Å². The summed E-state index contributed by atoms with van der Waals surface area (Å²) in [5.74, 6) is -0.223. The van der Waals surface area contributed by atoms with E-state index in [4.69, 9.17) is 4.55 Å². The average Bonchev–Trinajstić information content (AvgIpc) is 2.96. The molecule has 0 fully saturated rings. The fourth-order valence-corrected chi connectivity index (χ4v) is 3.01. The molecule has 2 heterocycles. The fraction of sp³-hybridized carbons (Fsp3) is 0.167. The first kappa shape index (κ1) is 16.4. The van der Waals surface area contributed by atoms with Crippen molar-refractivity contribution in [3.05, 3.63) is 72.1 Å². The van der Waals surface area contributed by atoms with Crippen molar-refractivity contribution in [2.75, 3.05) is 12.3 Å². The zero-order chi connectivity index (χ0) is 17.0. The zero-order valence-electron chi connectivity index (χ0n) is 13.0. The lowest BCUT2D eigenvalue weighted by Crippen LogP contribution is -2.16. The van der Waals surface area contributed by atoms with Gasteiger partial charge in [0.1, 0.15) is 0 Å². The standard InChI is InChI=1S/C18H18N2O3S/c21-24(22,23)13-3-10-20-11-8-15(9-12-20)6-7-16-14-19-18-5-2-1-4-17(16)18/h1-2,4-9,11-12,14H,3,10,13H2,(H,21,22,23)/b16-7+. The van der Waals surface area contributed by atoms with E-state index in [1.165, 1.54) is 0 Å². The Bertz CT molecular complexity index is 861. The number of benzene rings is 1. The van der Waals surface area contributed by atoms with Crippen LogP contribution in [0.3, 0.4) is 0 Å². The Labute approximate surface area is 141 Å². The summed E-state index contributed by atoms with van der Waals surface area (Å²) in [5.41, 5.74) is 4.24. The predicted molar refractivity (Wildman–Crippen MR) is 96.7 cm³/mol. The molecule has 0 atom stereocenters. The van der Waals surface area contributed by atoms with E-state index < -0.39 is 10.1 Å². The van der Waals surface area contributed by atoms with Crippen molar-refractivity contribution in [1.29, 1.82) is 0 Å². The molecule has 0 spiro atoms. The molecule has 0 aliphatic carbocycles. The number of aliphatic imine (C=N–C) groups is 1. The number of rotatable bonds is 5. The Morgan fingerprint density at radius 2 is 1.88 bits per heavy atom. The minimum absolute atomic E-state index is 0.223. The first-order valence-corrected chi connectivity index (χ1v) is 9.25. The molecule has 5 nitrogen and oxygen atoms in total. The van der Waals surface area contributed by atoms with E-state index in [0.29, 0.717) is 13.0 Å². The fourth-order valence-electron chi connectivity index (χ4n) is 2.52. The monoisotopic (exact) mass is 342 g/mol. The Morgan fingerprint density at radius 1 is 1.12 bits per heavy atom. The van der Waals surface area contributed by atoms with Crippen LogP contribution in [0.15, 0.2) is 71.5 Å². The minimum atomic E-state index is -3.88. The van der Waals surface area contributed by atoms with Gasteiger partial charge in [-0.05, 0) is 30.2 Å². The second-order valence-corrected chi connectivity index (χ2v) is 7.14. The van der Waals surface area contributed by atoms with Gasteiger partial charge in [-0.15, -0.1) is 0 Å². The normalized spacial score (nSPS) is 17.6. The average molecular weight is 342 g/mol. The molecular formula is C18H18N2O3S. The molecule has 0 saturated carbocycles. The van der Waals surface area contributed by atoms with Crippen LogP contribution in [0, 0.1) is 0 Å². The number of hydrogen-bond donors (Lipinski definition) is 1. The van der Waals surface area contributed by atoms with Crippen molar-refractivity contribution in [3.63, 3.8) is 0 Å². The van der Waals surface area contributed by atoms with Gasteiger partial charge in [0.2, 0.25) is 0 Å². The molecule has 3 rings (SSSR count). The number of para-hydroxylation sites is 1. The van der Waals surface area contributed by atoms with Gasteiger partial charge >= 0.3 is 0 Å². The van der Waals surface area contributed by atoms with Gasteiger partial charge in [-0.3, -0.25) is 9.55 Å². The van der Waals surface area contributed by atoms with Crippen LogP contribution in [0.4, 0.5) is 5.69 Å². The number of allylic oxidation sites excluding steroid dienone is 6. The summed E-state index contributed by atoms with van der Waals surface area (Å²) in [6.07, 6.45) is 14.0. The number of nitrogens with zero attached hydrogens (tertiary/aromatic N) is 2. The summed E-state index contributed by atoms with van der Waals surface area (Å²) in [4.78, 5) is 6.26. The van der Waals surface area contributed by atoms with Gasteiger partial charge in [-0.2, -0.15) is 8.42 Å². The molecule has 1 N–H and O–H groups in total. The van der Waals surface area contributed by atoms with Crippen LogP contribution < -0.4 is 0 Å². The maximum Gasteiger partial charge on any atom is 0.264 e. The molecule has 0 saturated heterocycles. The third kappa shape index (κ3) is 4.31. The SMILES string of the molecule is O=S(=O)(O)CCCN1C=CC(=C/C=C2\C=Nc3ccccc32)C=C1. The van der Waals surface area contributed by atoms with Crippen molar-refractivity contribution in [2.45, 2.75) is 6.42 Å². The third-order valence-electron chi connectivity index (χ3n) is 3.75. The molecule has 6 heteroatoms. The van der Waals surface area contributed by atoms with Crippen molar-refractivity contribution >= 4 is 27.6 Å². The second-order valence-electron chi connectivity index (χ2n) is 5.57. The lowest BCUT2D eigenvalue weighted by atomic mass is 10.1. The Morgan fingerprint density at radius 3 is 2.62 bits per heavy atom. The van der Waals surface area contributed by atoms with Crippen LogP contribution >= 0.6 is 0 Å². The van der Waals surface area contributed by atoms with Crippen molar-refractivity contribution in [1.82, 2.24) is 4.90 Å². The second kappa shape index (κ2) is 6.98. The minimum Gasteiger partial charge on any atom is -0.354 e. The van der Waals surface area contributed by atoms with Gasteiger partial charge in [-0.25, -0.2) is 0 Å². The maximum absolute atomic E-state index is 10.7. The Kier molecular flexibility index (Phi) is 4.78. The predicted octanol–water partition coefficient (Wildman–Crippen LogP) is 3.33. The Balaban J connectivity index is 1.60. The summed E-state index contributed by atoms with van der Waals surface area (Å²) in [6.45, 7) is 0.543. The summed E-state index contributed by atoms with van der Waals surface area (Å²) >= 11 is 0. The number of fused-ring (bicyclic) bond motifs is 1. The van der Waals surface area contributed by atoms with E-state index in [-0.39, 0.29) is 5.75 Å². The highest BCUT2D eigenvalue weighted by Crippen LogP contribution is 2.30. The Hall–Kier alpha value is -2.44. The van der Waals surface area contributed by atoms with E-state index in [9.17, 15) is 8.42 Å². The molecule has 0 aromatic heterocycles. The molecule has 1 aromatic rings. The third-order valence-corrected chi connectivity index (χ3v) is 4.55. The van der Waals surface area contributed by atoms with E-state index in [1.807, 2.05) is 66.0 Å². The van der Waals surface area contributed by atoms with Crippen LogP contribution in [-0.2, 0) is 10.1 Å². The van der Waals surface area contributed by atoms with E-state index >= 15 is 0 Å². The summed E-state index contributed by atoms with van der Waals surface area (Å²) in [5, 5.41) is 0. The molecule has 0 bridgehead atoms. The highest BCUT2D eigenvalue weighted by atomic mass is 32.2. The van der Waals surface area contributed by atoms with Crippen LogP contribution in [0.1, 0.15) is 12.0 Å². The van der Waals surface area contributed by atoms with Crippen molar-refractivity contribution in [2.24, 2.45) is 4.99 Å². The lowest BCUT2D eigenvalue weighted by Gasteiger charge is -2.18. The highest BCUT2D eigenvalue weighted by Gasteiger charge is 2.10. The quantitative estimate of drug-likeness (QED) is 0.833.